The average molecular weight is 384 g/mol. The molecule has 28 heavy (non-hydrogen) atoms. The zero-order valence-corrected chi connectivity index (χ0v) is 16.0. The van der Waals surface area contributed by atoms with Gasteiger partial charge >= 0.3 is 5.97 Å². The first kappa shape index (κ1) is 17.8. The molecule has 1 amide bonds. The van der Waals surface area contributed by atoms with Gasteiger partial charge in [-0.3, -0.25) is 24.2 Å². The number of rotatable bonds is 3. The molecule has 6 atom stereocenters. The van der Waals surface area contributed by atoms with Gasteiger partial charge in [0.25, 0.3) is 0 Å². The lowest BCUT2D eigenvalue weighted by molar-refractivity contribution is -0.179. The number of nitrogens with zero attached hydrogens (tertiary/aromatic N) is 2. The summed E-state index contributed by atoms with van der Waals surface area (Å²) in [6, 6.07) is 7.49. The van der Waals surface area contributed by atoms with Gasteiger partial charge in [-0.1, -0.05) is 18.2 Å². The zero-order valence-electron chi connectivity index (χ0n) is 16.0. The van der Waals surface area contributed by atoms with Crippen molar-refractivity contribution in [2.45, 2.75) is 36.9 Å². The highest BCUT2D eigenvalue weighted by molar-refractivity contribution is 6.04. The first-order chi connectivity index (χ1) is 13.4. The number of esters is 1. The Morgan fingerprint density at radius 1 is 1.39 bits per heavy atom. The molecule has 4 aliphatic rings. The second kappa shape index (κ2) is 5.64. The maximum atomic E-state index is 13.7. The van der Waals surface area contributed by atoms with E-state index in [1.165, 1.54) is 7.11 Å². The summed E-state index contributed by atoms with van der Waals surface area (Å²) in [5.74, 6) is -1.64. The number of carbonyl (C=O) groups excluding carboxylic acids is 3. The number of carbonyl (C=O) groups is 3. The molecule has 0 radical (unpaired) electrons. The third kappa shape index (κ3) is 1.67. The quantitative estimate of drug-likeness (QED) is 0.610. The number of methoxy groups -OCH3 is 1. The van der Waals surface area contributed by atoms with Crippen molar-refractivity contribution in [2.75, 3.05) is 25.1 Å². The van der Waals surface area contributed by atoms with E-state index in [1.54, 1.807) is 11.8 Å². The molecule has 3 fully saturated rings. The second-order valence-corrected chi connectivity index (χ2v) is 8.52. The third-order valence-corrected chi connectivity index (χ3v) is 7.78. The minimum atomic E-state index is -1.09. The molecule has 5 rings (SSSR count). The van der Waals surface area contributed by atoms with Gasteiger partial charge in [0.15, 0.2) is 0 Å². The van der Waals surface area contributed by atoms with E-state index >= 15 is 0 Å². The third-order valence-electron chi connectivity index (χ3n) is 7.78. The number of aliphatic hydroxyl groups excluding tert-OH is 1. The second-order valence-electron chi connectivity index (χ2n) is 8.52. The summed E-state index contributed by atoms with van der Waals surface area (Å²) in [5.41, 5.74) is -0.487. The number of amides is 1. The van der Waals surface area contributed by atoms with Gasteiger partial charge in [0, 0.05) is 31.1 Å². The van der Waals surface area contributed by atoms with Crippen LogP contribution in [0.2, 0.25) is 0 Å². The molecule has 1 aliphatic carbocycles. The fourth-order valence-corrected chi connectivity index (χ4v) is 6.89. The molecule has 3 heterocycles. The summed E-state index contributed by atoms with van der Waals surface area (Å²) in [5, 5.41) is 10.4. The van der Waals surface area contributed by atoms with Crippen LogP contribution in [0.25, 0.3) is 0 Å². The first-order valence-electron chi connectivity index (χ1n) is 9.83. The molecule has 7 nitrogen and oxygen atoms in total. The molecule has 3 aliphatic heterocycles. The van der Waals surface area contributed by atoms with E-state index in [1.807, 2.05) is 24.3 Å². The Balaban J connectivity index is 1.84. The van der Waals surface area contributed by atoms with Crippen molar-refractivity contribution >= 4 is 23.9 Å². The van der Waals surface area contributed by atoms with Crippen molar-refractivity contribution in [2.24, 2.45) is 17.8 Å². The number of benzene rings is 1. The molecule has 2 saturated heterocycles. The lowest BCUT2D eigenvalue weighted by Crippen LogP contribution is -2.78. The van der Waals surface area contributed by atoms with Crippen molar-refractivity contribution in [1.29, 1.82) is 0 Å². The predicted octanol–water partition coefficient (Wildman–Crippen LogP) is 0.692. The Morgan fingerprint density at radius 3 is 2.82 bits per heavy atom. The standard InChI is InChI=1S/C21H24N2O5/c1-12(25)14-10-22-8-7-20-15-5-3-4-6-16(15)23(11-24)21(20,22)18(19(27)28-2)13(14)9-17(20)26/h3-6,11-14,18,25H,7-10H2,1-2H3/t12-,13-,14?,18?,20-,21+/m1/s1. The van der Waals surface area contributed by atoms with Gasteiger partial charge in [0.1, 0.15) is 11.4 Å². The Bertz CT molecular complexity index is 885. The van der Waals surface area contributed by atoms with Gasteiger partial charge in [0.2, 0.25) is 6.41 Å². The van der Waals surface area contributed by atoms with E-state index in [2.05, 4.69) is 4.90 Å². The summed E-state index contributed by atoms with van der Waals surface area (Å²) >= 11 is 0. The van der Waals surface area contributed by atoms with Gasteiger partial charge < -0.3 is 9.84 Å². The maximum Gasteiger partial charge on any atom is 0.312 e. The highest BCUT2D eigenvalue weighted by atomic mass is 16.5. The number of ketones is 1. The van der Waals surface area contributed by atoms with Crippen LogP contribution in [-0.4, -0.2) is 60.1 Å². The van der Waals surface area contributed by atoms with Gasteiger partial charge in [-0.2, -0.15) is 0 Å². The lowest BCUT2D eigenvalue weighted by Gasteiger charge is -2.61. The molecular weight excluding hydrogens is 360 g/mol. The van der Waals surface area contributed by atoms with Crippen LogP contribution < -0.4 is 4.90 Å². The van der Waals surface area contributed by atoms with Gasteiger partial charge in [-0.25, -0.2) is 0 Å². The summed E-state index contributed by atoms with van der Waals surface area (Å²) < 4.78 is 5.20. The molecule has 1 saturated carbocycles. The predicted molar refractivity (Wildman–Crippen MR) is 99.4 cm³/mol. The van der Waals surface area contributed by atoms with Crippen LogP contribution in [0.4, 0.5) is 5.69 Å². The number of Topliss-reactive ketones (excluding diaryl/α,β-unsaturated/α-hetero) is 1. The van der Waals surface area contributed by atoms with E-state index in [4.69, 9.17) is 4.74 Å². The SMILES string of the molecule is COC(=O)C1[C@@H]2CC(=O)[C@]34CCN(CC2[C@@H](C)O)[C@]13N(C=O)c1ccccc14. The number of fused-ring (bicyclic) bond motifs is 2. The number of anilines is 1. The van der Waals surface area contributed by atoms with Gasteiger partial charge in [-0.15, -0.1) is 0 Å². The highest BCUT2D eigenvalue weighted by Gasteiger charge is 2.80. The van der Waals surface area contributed by atoms with E-state index < -0.39 is 29.1 Å². The topological polar surface area (TPSA) is 87.2 Å². The monoisotopic (exact) mass is 384 g/mol. The fraction of sp³-hybridized carbons (Fsp3) is 0.571. The molecule has 2 bridgehead atoms. The molecule has 7 heteroatoms. The Hall–Kier alpha value is -2.25. The minimum Gasteiger partial charge on any atom is -0.469 e. The van der Waals surface area contributed by atoms with E-state index in [9.17, 15) is 19.5 Å². The lowest BCUT2D eigenvalue weighted by atomic mass is 9.52. The van der Waals surface area contributed by atoms with E-state index in [0.29, 0.717) is 25.2 Å². The maximum absolute atomic E-state index is 13.7. The van der Waals surface area contributed by atoms with Crippen LogP contribution in [0.3, 0.4) is 0 Å². The van der Waals surface area contributed by atoms with E-state index in [0.717, 1.165) is 12.0 Å². The Kier molecular flexibility index (Phi) is 3.59. The molecular formula is C21H24N2O5. The van der Waals surface area contributed by atoms with Crippen LogP contribution in [0.1, 0.15) is 25.3 Å². The van der Waals surface area contributed by atoms with Crippen LogP contribution in [0.5, 0.6) is 0 Å². The van der Waals surface area contributed by atoms with Crippen LogP contribution in [0.15, 0.2) is 24.3 Å². The summed E-state index contributed by atoms with van der Waals surface area (Å²) in [6.45, 7) is 2.84. The molecule has 2 unspecified atom stereocenters. The van der Waals surface area contributed by atoms with Crippen molar-refractivity contribution in [3.05, 3.63) is 29.8 Å². The first-order valence-corrected chi connectivity index (χ1v) is 9.83. The van der Waals surface area contributed by atoms with Crippen LogP contribution in [-0.2, 0) is 24.5 Å². The molecule has 1 N–H and O–H groups in total. The van der Waals surface area contributed by atoms with Crippen molar-refractivity contribution < 1.29 is 24.2 Å². The zero-order chi connectivity index (χ0) is 19.8. The molecule has 148 valence electrons. The molecule has 0 aromatic heterocycles. The molecule has 1 spiro atoms. The van der Waals surface area contributed by atoms with Crippen molar-refractivity contribution in [1.82, 2.24) is 4.90 Å². The summed E-state index contributed by atoms with van der Waals surface area (Å²) in [4.78, 5) is 42.9. The van der Waals surface area contributed by atoms with Gasteiger partial charge in [0.05, 0.1) is 24.5 Å². The summed E-state index contributed by atoms with van der Waals surface area (Å²) in [6.07, 6.45) is 0.864. The smallest absolute Gasteiger partial charge is 0.312 e. The van der Waals surface area contributed by atoms with Crippen LogP contribution >= 0.6 is 0 Å². The van der Waals surface area contributed by atoms with Crippen molar-refractivity contribution in [3.8, 4) is 0 Å². The van der Waals surface area contributed by atoms with E-state index in [-0.39, 0.29) is 24.0 Å². The number of hydrogen-bond acceptors (Lipinski definition) is 6. The number of para-hydroxylation sites is 1. The minimum absolute atomic E-state index is 0.0577. The molecule has 1 aromatic carbocycles. The fourth-order valence-electron chi connectivity index (χ4n) is 6.89. The van der Waals surface area contributed by atoms with Crippen LogP contribution in [0, 0.1) is 17.8 Å². The Morgan fingerprint density at radius 2 is 2.14 bits per heavy atom. The van der Waals surface area contributed by atoms with Gasteiger partial charge in [-0.05, 0) is 30.9 Å². The summed E-state index contributed by atoms with van der Waals surface area (Å²) in [7, 11) is 1.35. The van der Waals surface area contributed by atoms with Crippen molar-refractivity contribution in [3.63, 3.8) is 0 Å². The number of piperidine rings is 1. The number of aliphatic hydroxyl groups is 1. The molecule has 1 aromatic rings. The number of hydrogen-bond donors (Lipinski definition) is 1. The highest BCUT2D eigenvalue weighted by Crippen LogP contribution is 2.68. The normalized spacial score (nSPS) is 39.3. The average Bonchev–Trinajstić information content (AvgIpc) is 3.17. The largest absolute Gasteiger partial charge is 0.469 e. The number of ether oxygens (including phenoxy) is 1. The Labute approximate surface area is 163 Å².